The Bertz CT molecular complexity index is 1330. The first-order valence-electron chi connectivity index (χ1n) is 10.1. The van der Waals surface area contributed by atoms with Crippen molar-refractivity contribution in [3.05, 3.63) is 86.6 Å². The summed E-state index contributed by atoms with van der Waals surface area (Å²) in [6.45, 7) is 3.35. The van der Waals surface area contributed by atoms with Gasteiger partial charge in [0.05, 0.1) is 39.9 Å². The van der Waals surface area contributed by atoms with Crippen LogP contribution in [-0.4, -0.2) is 28.9 Å². The number of hydrogen-bond donors (Lipinski definition) is 1. The Labute approximate surface area is 196 Å². The number of rotatable bonds is 5. The van der Waals surface area contributed by atoms with Crippen LogP contribution in [0.5, 0.6) is 5.75 Å². The highest BCUT2D eigenvalue weighted by Gasteiger charge is 2.46. The maximum atomic E-state index is 13.5. The van der Waals surface area contributed by atoms with Crippen LogP contribution >= 0.6 is 11.3 Å². The van der Waals surface area contributed by atoms with E-state index in [4.69, 9.17) is 4.74 Å². The first kappa shape index (κ1) is 23.5. The molecule has 0 bridgehead atoms. The van der Waals surface area contributed by atoms with Gasteiger partial charge in [-0.25, -0.2) is 4.98 Å². The molecule has 3 aromatic rings. The first-order chi connectivity index (χ1) is 16.0. The third-order valence-electron chi connectivity index (χ3n) is 5.42. The van der Waals surface area contributed by atoms with E-state index in [1.807, 2.05) is 0 Å². The fraction of sp³-hybridized carbons (Fsp3) is 0.208. The van der Waals surface area contributed by atoms with Crippen LogP contribution in [0, 0.1) is 13.8 Å². The van der Waals surface area contributed by atoms with Crippen LogP contribution in [0.3, 0.4) is 0 Å². The highest BCUT2D eigenvalue weighted by molar-refractivity contribution is 7.14. The lowest BCUT2D eigenvalue weighted by Crippen LogP contribution is -2.31. The lowest BCUT2D eigenvalue weighted by atomic mass is 9.94. The molecule has 0 fully saturated rings. The van der Waals surface area contributed by atoms with E-state index in [2.05, 4.69) is 4.98 Å². The predicted octanol–water partition coefficient (Wildman–Crippen LogP) is 5.57. The number of anilines is 1. The number of thiazole rings is 1. The summed E-state index contributed by atoms with van der Waals surface area (Å²) in [5.74, 6) is -2.00. The zero-order chi connectivity index (χ0) is 24.8. The van der Waals surface area contributed by atoms with Crippen LogP contribution < -0.4 is 9.64 Å². The van der Waals surface area contributed by atoms with Crippen LogP contribution in [0.15, 0.2) is 59.9 Å². The minimum absolute atomic E-state index is 0.112. The number of Topliss-reactive ketones (excluding diaryl/α,β-unsaturated/α-hetero) is 1. The molecule has 0 saturated carbocycles. The smallest absolute Gasteiger partial charge is 0.416 e. The third-order valence-corrected chi connectivity index (χ3v) is 6.50. The third kappa shape index (κ3) is 4.05. The van der Waals surface area contributed by atoms with E-state index >= 15 is 0 Å². The second kappa shape index (κ2) is 8.60. The highest BCUT2D eigenvalue weighted by Crippen LogP contribution is 2.44. The van der Waals surface area contributed by atoms with Crippen molar-refractivity contribution >= 4 is 28.7 Å². The van der Waals surface area contributed by atoms with Crippen LogP contribution in [0.4, 0.5) is 18.9 Å². The number of ketones is 1. The molecule has 1 aromatic heterocycles. The number of aromatic nitrogens is 1. The largest absolute Gasteiger partial charge is 0.503 e. The number of halogens is 3. The summed E-state index contributed by atoms with van der Waals surface area (Å²) >= 11 is 1.11. The summed E-state index contributed by atoms with van der Waals surface area (Å²) in [5, 5.41) is 11.4. The standard InChI is InChI=1S/C24H19F3N2O4S/c1-12-22(34-13(2)28-12)20(30)18-19(14-6-4-9-17(10-14)33-3)29(23(32)21(18)31)16-8-5-7-15(11-16)24(25,26)27/h4-11,19,31H,1-3H3. The van der Waals surface area contributed by atoms with Gasteiger partial charge >= 0.3 is 6.18 Å². The molecule has 4 rings (SSSR count). The molecule has 1 N–H and O–H groups in total. The predicted molar refractivity (Wildman–Crippen MR) is 120 cm³/mol. The number of ether oxygens (including phenoxy) is 1. The Morgan fingerprint density at radius 2 is 1.85 bits per heavy atom. The maximum Gasteiger partial charge on any atom is 0.416 e. The molecule has 0 aliphatic carbocycles. The minimum Gasteiger partial charge on any atom is -0.503 e. The monoisotopic (exact) mass is 488 g/mol. The zero-order valence-corrected chi connectivity index (χ0v) is 19.1. The topological polar surface area (TPSA) is 79.7 Å². The van der Waals surface area contributed by atoms with E-state index < -0.39 is 35.2 Å². The number of carbonyl (C=O) groups excluding carboxylic acids is 2. The van der Waals surface area contributed by atoms with Crippen molar-refractivity contribution in [1.29, 1.82) is 0 Å². The molecule has 1 atom stereocenters. The van der Waals surface area contributed by atoms with E-state index in [0.717, 1.165) is 28.4 Å². The van der Waals surface area contributed by atoms with Gasteiger partial charge in [-0.2, -0.15) is 13.2 Å². The molecule has 176 valence electrons. The molecule has 2 heterocycles. The second-order valence-corrected chi connectivity index (χ2v) is 8.84. The molecule has 0 spiro atoms. The Balaban J connectivity index is 1.92. The molecule has 1 amide bonds. The van der Waals surface area contributed by atoms with Gasteiger partial charge in [0.25, 0.3) is 5.91 Å². The molecule has 1 aliphatic rings. The average Bonchev–Trinajstić information content (AvgIpc) is 3.28. The average molecular weight is 488 g/mol. The Hall–Kier alpha value is -3.66. The van der Waals surface area contributed by atoms with Crippen LogP contribution in [-0.2, 0) is 11.0 Å². The van der Waals surface area contributed by atoms with Crippen LogP contribution in [0.1, 0.15) is 37.5 Å². The molecule has 6 nitrogen and oxygen atoms in total. The van der Waals surface area contributed by atoms with Gasteiger partial charge in [-0.05, 0) is 49.7 Å². The number of amides is 1. The number of alkyl halides is 3. The summed E-state index contributed by atoms with van der Waals surface area (Å²) < 4.78 is 45.4. The van der Waals surface area contributed by atoms with Crippen molar-refractivity contribution in [2.45, 2.75) is 26.1 Å². The Morgan fingerprint density at radius 1 is 1.15 bits per heavy atom. The number of aliphatic hydroxyl groups is 1. The first-order valence-corrected chi connectivity index (χ1v) is 10.9. The normalized spacial score (nSPS) is 16.4. The minimum atomic E-state index is -4.64. The van der Waals surface area contributed by atoms with Gasteiger partial charge in [-0.1, -0.05) is 18.2 Å². The molecule has 2 aromatic carbocycles. The SMILES string of the molecule is COc1cccc(C2C(C(=O)c3sc(C)nc3C)=C(O)C(=O)N2c2cccc(C(F)(F)F)c2)c1. The zero-order valence-electron chi connectivity index (χ0n) is 18.3. The summed E-state index contributed by atoms with van der Waals surface area (Å²) in [4.78, 5) is 32.2. The molecule has 0 saturated heterocycles. The number of methoxy groups -OCH3 is 1. The second-order valence-electron chi connectivity index (χ2n) is 7.64. The van der Waals surface area contributed by atoms with Crippen molar-refractivity contribution in [1.82, 2.24) is 4.98 Å². The van der Waals surface area contributed by atoms with Gasteiger partial charge in [0.1, 0.15) is 5.75 Å². The van der Waals surface area contributed by atoms with E-state index in [9.17, 15) is 27.9 Å². The number of aryl methyl sites for hydroxylation is 2. The molecule has 1 aliphatic heterocycles. The van der Waals surface area contributed by atoms with E-state index in [-0.39, 0.29) is 16.1 Å². The molecule has 10 heteroatoms. The van der Waals surface area contributed by atoms with E-state index in [0.29, 0.717) is 22.0 Å². The van der Waals surface area contributed by atoms with Crippen LogP contribution in [0.2, 0.25) is 0 Å². The van der Waals surface area contributed by atoms with Crippen LogP contribution in [0.25, 0.3) is 0 Å². The lowest BCUT2D eigenvalue weighted by Gasteiger charge is -2.27. The van der Waals surface area contributed by atoms with Crippen molar-refractivity contribution in [3.8, 4) is 5.75 Å². The molecule has 0 radical (unpaired) electrons. The maximum absolute atomic E-state index is 13.5. The number of benzene rings is 2. The van der Waals surface area contributed by atoms with E-state index in [1.165, 1.54) is 19.2 Å². The molecule has 34 heavy (non-hydrogen) atoms. The molecular weight excluding hydrogens is 469 g/mol. The summed E-state index contributed by atoms with van der Waals surface area (Å²) in [7, 11) is 1.44. The lowest BCUT2D eigenvalue weighted by molar-refractivity contribution is -0.137. The van der Waals surface area contributed by atoms with Crippen molar-refractivity contribution in [2.24, 2.45) is 0 Å². The van der Waals surface area contributed by atoms with Gasteiger partial charge in [0.2, 0.25) is 5.78 Å². The van der Waals surface area contributed by atoms with Gasteiger partial charge in [0.15, 0.2) is 5.76 Å². The number of nitrogens with zero attached hydrogens (tertiary/aromatic N) is 2. The fourth-order valence-corrected chi connectivity index (χ4v) is 4.80. The molecular formula is C24H19F3N2O4S. The van der Waals surface area contributed by atoms with Crippen molar-refractivity contribution in [3.63, 3.8) is 0 Å². The molecule has 1 unspecified atom stereocenters. The van der Waals surface area contributed by atoms with Gasteiger partial charge in [-0.15, -0.1) is 11.3 Å². The summed E-state index contributed by atoms with van der Waals surface area (Å²) in [5.41, 5.74) is -0.490. The van der Waals surface area contributed by atoms with Gasteiger partial charge in [0, 0.05) is 5.69 Å². The summed E-state index contributed by atoms with van der Waals surface area (Å²) in [6.07, 6.45) is -4.64. The van der Waals surface area contributed by atoms with Crippen molar-refractivity contribution < 1.29 is 32.6 Å². The number of hydrogen-bond acceptors (Lipinski definition) is 6. The Morgan fingerprint density at radius 3 is 2.47 bits per heavy atom. The number of carbonyl (C=O) groups is 2. The number of aliphatic hydroxyl groups excluding tert-OH is 1. The quantitative estimate of drug-likeness (QED) is 0.475. The Kier molecular flexibility index (Phi) is 5.94. The van der Waals surface area contributed by atoms with Gasteiger partial charge in [-0.3, -0.25) is 14.5 Å². The van der Waals surface area contributed by atoms with Gasteiger partial charge < -0.3 is 9.84 Å². The highest BCUT2D eigenvalue weighted by atomic mass is 32.1. The van der Waals surface area contributed by atoms with E-state index in [1.54, 1.807) is 38.1 Å². The van der Waals surface area contributed by atoms with Crippen molar-refractivity contribution in [2.75, 3.05) is 12.0 Å². The fourth-order valence-electron chi connectivity index (χ4n) is 3.93. The summed E-state index contributed by atoms with van der Waals surface area (Å²) in [6, 6.07) is 9.46.